The lowest BCUT2D eigenvalue weighted by Crippen LogP contribution is -2.21. The number of benzene rings is 1. The second kappa shape index (κ2) is 5.01. The topological polar surface area (TPSA) is 17.1 Å². The highest BCUT2D eigenvalue weighted by molar-refractivity contribution is 6.31. The summed E-state index contributed by atoms with van der Waals surface area (Å²) in [5, 5.41) is 0.804. The molecule has 0 N–H and O–H groups in total. The highest BCUT2D eigenvalue weighted by atomic mass is 35.5. The maximum atomic E-state index is 11.7. The van der Waals surface area contributed by atoms with Crippen LogP contribution in [0.5, 0.6) is 0 Å². The number of aryl methyl sites for hydroxylation is 1. The predicted octanol–water partition coefficient (Wildman–Crippen LogP) is 3.95. The molecule has 1 atom stereocenters. The van der Waals surface area contributed by atoms with Crippen molar-refractivity contribution in [2.24, 2.45) is 5.92 Å². The highest BCUT2D eigenvalue weighted by Crippen LogP contribution is 2.27. The van der Waals surface area contributed by atoms with Crippen LogP contribution in [-0.2, 0) is 11.2 Å². The standard InChI is InChI=1S/C14H17ClO/c1-10-6-7-11(13(15)8-10)9-12-4-2-3-5-14(12)16/h6-8,12H,2-5,9H2,1H3. The van der Waals surface area contributed by atoms with Crippen molar-refractivity contribution in [2.45, 2.75) is 39.0 Å². The van der Waals surface area contributed by atoms with E-state index in [9.17, 15) is 4.79 Å². The van der Waals surface area contributed by atoms with Gasteiger partial charge in [-0.2, -0.15) is 0 Å². The number of carbonyl (C=O) groups is 1. The Bertz CT molecular complexity index is 398. The number of carbonyl (C=O) groups excluding carboxylic acids is 1. The molecule has 0 aliphatic heterocycles. The van der Waals surface area contributed by atoms with Gasteiger partial charge in [0, 0.05) is 17.4 Å². The van der Waals surface area contributed by atoms with E-state index in [4.69, 9.17) is 11.6 Å². The lowest BCUT2D eigenvalue weighted by atomic mass is 9.83. The summed E-state index contributed by atoms with van der Waals surface area (Å²) < 4.78 is 0. The van der Waals surface area contributed by atoms with E-state index in [-0.39, 0.29) is 5.92 Å². The Morgan fingerprint density at radius 2 is 2.19 bits per heavy atom. The Hall–Kier alpha value is -0.820. The quantitative estimate of drug-likeness (QED) is 0.760. The summed E-state index contributed by atoms with van der Waals surface area (Å²) in [6.45, 7) is 2.03. The molecular formula is C14H17ClO. The molecule has 0 amide bonds. The zero-order valence-corrected chi connectivity index (χ0v) is 10.4. The maximum Gasteiger partial charge on any atom is 0.136 e. The van der Waals surface area contributed by atoms with Gasteiger partial charge >= 0.3 is 0 Å². The van der Waals surface area contributed by atoms with Gasteiger partial charge in [-0.3, -0.25) is 4.79 Å². The third-order valence-corrected chi connectivity index (χ3v) is 3.71. The lowest BCUT2D eigenvalue weighted by molar-refractivity contribution is -0.124. The Morgan fingerprint density at radius 3 is 2.88 bits per heavy atom. The molecule has 0 aromatic heterocycles. The SMILES string of the molecule is Cc1ccc(CC2CCCCC2=O)c(Cl)c1. The predicted molar refractivity (Wildman–Crippen MR) is 66.9 cm³/mol. The van der Waals surface area contributed by atoms with Gasteiger partial charge in [0.25, 0.3) is 0 Å². The van der Waals surface area contributed by atoms with Crippen LogP contribution >= 0.6 is 11.6 Å². The fraction of sp³-hybridized carbons (Fsp3) is 0.500. The molecule has 1 nitrogen and oxygen atoms in total. The maximum absolute atomic E-state index is 11.7. The van der Waals surface area contributed by atoms with Crippen molar-refractivity contribution in [3.63, 3.8) is 0 Å². The largest absolute Gasteiger partial charge is 0.299 e. The third kappa shape index (κ3) is 2.65. The first kappa shape index (κ1) is 11.7. The molecule has 1 aliphatic carbocycles. The number of hydrogen-bond donors (Lipinski definition) is 0. The van der Waals surface area contributed by atoms with Gasteiger partial charge in [-0.1, -0.05) is 30.2 Å². The number of rotatable bonds is 2. The molecule has 86 valence electrons. The van der Waals surface area contributed by atoms with Gasteiger partial charge in [-0.25, -0.2) is 0 Å². The molecule has 1 aromatic rings. The van der Waals surface area contributed by atoms with E-state index in [2.05, 4.69) is 12.1 Å². The average Bonchev–Trinajstić information content (AvgIpc) is 2.25. The molecular weight excluding hydrogens is 220 g/mol. The van der Waals surface area contributed by atoms with Crippen LogP contribution in [-0.4, -0.2) is 5.78 Å². The Balaban J connectivity index is 2.10. The minimum absolute atomic E-state index is 0.203. The van der Waals surface area contributed by atoms with Gasteiger partial charge in [0.15, 0.2) is 0 Å². The molecule has 0 saturated heterocycles. The monoisotopic (exact) mass is 236 g/mol. The van der Waals surface area contributed by atoms with Gasteiger partial charge < -0.3 is 0 Å². The van der Waals surface area contributed by atoms with Crippen molar-refractivity contribution < 1.29 is 4.79 Å². The number of hydrogen-bond acceptors (Lipinski definition) is 1. The van der Waals surface area contributed by atoms with Crippen LogP contribution in [0.1, 0.15) is 36.8 Å². The normalized spacial score (nSPS) is 21.1. The van der Waals surface area contributed by atoms with Crippen molar-refractivity contribution in [2.75, 3.05) is 0 Å². The summed E-state index contributed by atoms with van der Waals surface area (Å²) in [5.41, 5.74) is 2.29. The number of ketones is 1. The average molecular weight is 237 g/mol. The first-order valence-electron chi connectivity index (χ1n) is 5.94. The molecule has 0 radical (unpaired) electrons. The molecule has 2 heteroatoms. The van der Waals surface area contributed by atoms with E-state index in [1.54, 1.807) is 0 Å². The molecule has 1 saturated carbocycles. The van der Waals surface area contributed by atoms with Crippen LogP contribution in [0, 0.1) is 12.8 Å². The Labute approximate surface area is 102 Å². The second-order valence-corrected chi connectivity index (χ2v) is 5.12. The van der Waals surface area contributed by atoms with Crippen LogP contribution in [0.25, 0.3) is 0 Å². The fourth-order valence-corrected chi connectivity index (χ4v) is 2.67. The molecule has 1 aliphatic rings. The Morgan fingerprint density at radius 1 is 1.38 bits per heavy atom. The third-order valence-electron chi connectivity index (χ3n) is 3.36. The molecule has 16 heavy (non-hydrogen) atoms. The summed E-state index contributed by atoms with van der Waals surface area (Å²) in [6.07, 6.45) is 4.85. The second-order valence-electron chi connectivity index (χ2n) is 4.71. The van der Waals surface area contributed by atoms with Gasteiger partial charge in [0.05, 0.1) is 0 Å². The lowest BCUT2D eigenvalue weighted by Gasteiger charge is -2.20. The van der Waals surface area contributed by atoms with Gasteiger partial charge in [-0.15, -0.1) is 0 Å². The van der Waals surface area contributed by atoms with Gasteiger partial charge in [-0.05, 0) is 43.4 Å². The van der Waals surface area contributed by atoms with Crippen LogP contribution < -0.4 is 0 Å². The molecule has 2 rings (SSSR count). The number of halogens is 1. The van der Waals surface area contributed by atoms with E-state index in [1.807, 2.05) is 13.0 Å². The summed E-state index contributed by atoms with van der Waals surface area (Å²) in [6, 6.07) is 6.10. The van der Waals surface area contributed by atoms with Crippen LogP contribution in [0.2, 0.25) is 5.02 Å². The van der Waals surface area contributed by atoms with Crippen molar-refractivity contribution in [1.82, 2.24) is 0 Å². The molecule has 0 heterocycles. The van der Waals surface area contributed by atoms with Gasteiger partial charge in [0.1, 0.15) is 5.78 Å². The van der Waals surface area contributed by atoms with Crippen molar-refractivity contribution in [3.8, 4) is 0 Å². The van der Waals surface area contributed by atoms with Crippen LogP contribution in [0.15, 0.2) is 18.2 Å². The molecule has 0 spiro atoms. The molecule has 1 fully saturated rings. The summed E-state index contributed by atoms with van der Waals surface area (Å²) >= 11 is 6.19. The summed E-state index contributed by atoms with van der Waals surface area (Å²) in [5.74, 6) is 0.622. The first-order chi connectivity index (χ1) is 7.66. The first-order valence-corrected chi connectivity index (χ1v) is 6.32. The smallest absolute Gasteiger partial charge is 0.136 e. The van der Waals surface area contributed by atoms with Crippen molar-refractivity contribution in [3.05, 3.63) is 34.3 Å². The minimum Gasteiger partial charge on any atom is -0.299 e. The van der Waals surface area contributed by atoms with Crippen molar-refractivity contribution >= 4 is 17.4 Å². The van der Waals surface area contributed by atoms with Crippen LogP contribution in [0.4, 0.5) is 0 Å². The molecule has 1 aromatic carbocycles. The highest BCUT2D eigenvalue weighted by Gasteiger charge is 2.22. The molecule has 0 bridgehead atoms. The molecule has 1 unspecified atom stereocenters. The fourth-order valence-electron chi connectivity index (χ4n) is 2.35. The minimum atomic E-state index is 0.203. The van der Waals surface area contributed by atoms with Crippen molar-refractivity contribution in [1.29, 1.82) is 0 Å². The van der Waals surface area contributed by atoms with E-state index in [0.717, 1.165) is 36.3 Å². The van der Waals surface area contributed by atoms with E-state index >= 15 is 0 Å². The summed E-state index contributed by atoms with van der Waals surface area (Å²) in [7, 11) is 0. The number of Topliss-reactive ketones (excluding diaryl/α,β-unsaturated/α-hetero) is 1. The van der Waals surface area contributed by atoms with E-state index in [1.165, 1.54) is 12.0 Å². The zero-order valence-electron chi connectivity index (χ0n) is 9.63. The Kier molecular flexibility index (Phi) is 3.65. The zero-order chi connectivity index (χ0) is 11.5. The van der Waals surface area contributed by atoms with E-state index in [0.29, 0.717) is 5.78 Å². The van der Waals surface area contributed by atoms with E-state index < -0.39 is 0 Å². The summed E-state index contributed by atoms with van der Waals surface area (Å²) in [4.78, 5) is 11.7. The van der Waals surface area contributed by atoms with Gasteiger partial charge in [0.2, 0.25) is 0 Å². The van der Waals surface area contributed by atoms with Crippen LogP contribution in [0.3, 0.4) is 0 Å².